The molecule has 0 atom stereocenters. The van der Waals surface area contributed by atoms with Crippen LogP contribution in [0.4, 0.5) is 0 Å². The van der Waals surface area contributed by atoms with Crippen LogP contribution in [0.15, 0.2) is 66.9 Å². The van der Waals surface area contributed by atoms with E-state index >= 15 is 0 Å². The van der Waals surface area contributed by atoms with Gasteiger partial charge in [-0.15, -0.1) is 0 Å². The molecule has 0 fully saturated rings. The molecule has 0 saturated carbocycles. The summed E-state index contributed by atoms with van der Waals surface area (Å²) in [6.07, 6.45) is 4.89. The molecule has 28 heavy (non-hydrogen) atoms. The molecule has 0 bridgehead atoms. The van der Waals surface area contributed by atoms with Gasteiger partial charge in [-0.05, 0) is 48.0 Å². The molecule has 1 aromatic heterocycles. The van der Waals surface area contributed by atoms with Gasteiger partial charge in [-0.2, -0.15) is 0 Å². The van der Waals surface area contributed by atoms with Crippen LogP contribution in [-0.2, 0) is 6.61 Å². The van der Waals surface area contributed by atoms with Crippen LogP contribution in [0, 0.1) is 0 Å². The van der Waals surface area contributed by atoms with Gasteiger partial charge >= 0.3 is 11.9 Å². The summed E-state index contributed by atoms with van der Waals surface area (Å²) in [5.41, 5.74) is 2.54. The van der Waals surface area contributed by atoms with Gasteiger partial charge in [-0.25, -0.2) is 9.59 Å². The van der Waals surface area contributed by atoms with Crippen molar-refractivity contribution in [2.24, 2.45) is 0 Å². The fourth-order valence-electron chi connectivity index (χ4n) is 2.51. The zero-order valence-electron chi connectivity index (χ0n) is 14.8. The van der Waals surface area contributed by atoms with Crippen molar-refractivity contribution < 1.29 is 24.5 Å². The molecule has 3 aromatic rings. The number of rotatable bonds is 7. The van der Waals surface area contributed by atoms with Gasteiger partial charge in [0.15, 0.2) is 0 Å². The van der Waals surface area contributed by atoms with Crippen LogP contribution in [0.5, 0.6) is 5.75 Å². The molecular weight excluding hydrogens is 358 g/mol. The SMILES string of the molecule is O=C(O)c1ccc(/C=C/c2ccccc2OCc2cccc(C(=O)O)c2)nc1. The predicted molar refractivity (Wildman–Crippen MR) is 104 cm³/mol. The largest absolute Gasteiger partial charge is 0.488 e. The normalized spacial score (nSPS) is 10.7. The molecular formula is C22H17NO5. The Bertz CT molecular complexity index is 1030. The molecule has 2 N–H and O–H groups in total. The maximum atomic E-state index is 11.1. The summed E-state index contributed by atoms with van der Waals surface area (Å²) >= 11 is 0. The van der Waals surface area contributed by atoms with Crippen LogP contribution >= 0.6 is 0 Å². The average molecular weight is 375 g/mol. The Kier molecular flexibility index (Phi) is 5.81. The molecule has 6 heteroatoms. The van der Waals surface area contributed by atoms with Crippen LogP contribution < -0.4 is 4.74 Å². The summed E-state index contributed by atoms with van der Waals surface area (Å²) in [5.74, 6) is -1.36. The molecule has 0 aliphatic rings. The minimum absolute atomic E-state index is 0.129. The molecule has 0 amide bonds. The number of nitrogens with zero attached hydrogens (tertiary/aromatic N) is 1. The summed E-state index contributed by atoms with van der Waals surface area (Å²) in [4.78, 5) is 26.0. The van der Waals surface area contributed by atoms with Crippen molar-refractivity contribution in [3.63, 3.8) is 0 Å². The summed E-state index contributed by atoms with van der Waals surface area (Å²) in [5, 5.41) is 18.0. The van der Waals surface area contributed by atoms with Gasteiger partial charge in [0.05, 0.1) is 16.8 Å². The number of ether oxygens (including phenoxy) is 1. The second kappa shape index (κ2) is 8.64. The summed E-state index contributed by atoms with van der Waals surface area (Å²) in [6, 6.07) is 17.1. The quantitative estimate of drug-likeness (QED) is 0.641. The number of carboxylic acid groups (broad SMARTS) is 2. The van der Waals surface area contributed by atoms with E-state index in [0.717, 1.165) is 11.1 Å². The summed E-state index contributed by atoms with van der Waals surface area (Å²) in [6.45, 7) is 0.234. The Morgan fingerprint density at radius 1 is 0.893 bits per heavy atom. The number of aromatic carboxylic acids is 2. The van der Waals surface area contributed by atoms with Gasteiger partial charge in [-0.3, -0.25) is 4.98 Å². The van der Waals surface area contributed by atoms with Crippen LogP contribution in [0.1, 0.15) is 37.5 Å². The number of pyridine rings is 1. The standard InChI is InChI=1S/C22H17NO5/c24-21(25)17-6-3-4-15(12-17)14-28-20-7-2-1-5-16(20)8-10-19-11-9-18(13-23-19)22(26)27/h1-13H,14H2,(H,24,25)(H,26,27)/b10-8+. The Morgan fingerprint density at radius 2 is 1.68 bits per heavy atom. The van der Waals surface area contributed by atoms with E-state index in [2.05, 4.69) is 4.98 Å². The van der Waals surface area contributed by atoms with Crippen molar-refractivity contribution in [1.29, 1.82) is 0 Å². The van der Waals surface area contributed by atoms with E-state index in [1.165, 1.54) is 18.3 Å². The van der Waals surface area contributed by atoms with E-state index in [1.807, 2.05) is 30.3 Å². The molecule has 0 saturated heterocycles. The van der Waals surface area contributed by atoms with Crippen molar-refractivity contribution in [2.45, 2.75) is 6.61 Å². The van der Waals surface area contributed by atoms with Crippen molar-refractivity contribution in [3.8, 4) is 5.75 Å². The topological polar surface area (TPSA) is 96.7 Å². The van der Waals surface area contributed by atoms with Gasteiger partial charge in [0, 0.05) is 11.8 Å². The highest BCUT2D eigenvalue weighted by atomic mass is 16.5. The lowest BCUT2D eigenvalue weighted by Gasteiger charge is -2.10. The number of hydrogen-bond donors (Lipinski definition) is 2. The molecule has 6 nitrogen and oxygen atoms in total. The molecule has 140 valence electrons. The lowest BCUT2D eigenvalue weighted by Crippen LogP contribution is -2.01. The lowest BCUT2D eigenvalue weighted by atomic mass is 10.1. The molecule has 0 radical (unpaired) electrons. The number of benzene rings is 2. The minimum atomic E-state index is -1.02. The lowest BCUT2D eigenvalue weighted by molar-refractivity contribution is 0.0685. The third-order valence-electron chi connectivity index (χ3n) is 3.95. The monoisotopic (exact) mass is 375 g/mol. The van der Waals surface area contributed by atoms with Crippen molar-refractivity contribution >= 4 is 24.1 Å². The molecule has 3 rings (SSSR count). The first-order valence-corrected chi connectivity index (χ1v) is 8.44. The molecule has 1 heterocycles. The van der Waals surface area contributed by atoms with Gasteiger partial charge in [0.2, 0.25) is 0 Å². The van der Waals surface area contributed by atoms with Gasteiger partial charge in [0.25, 0.3) is 0 Å². The Hall–Kier alpha value is -3.93. The number of hydrogen-bond acceptors (Lipinski definition) is 4. The molecule has 0 unspecified atom stereocenters. The summed E-state index contributed by atoms with van der Waals surface area (Å²) < 4.78 is 5.85. The second-order valence-corrected chi connectivity index (χ2v) is 5.94. The molecule has 0 aliphatic heterocycles. The summed E-state index contributed by atoms with van der Waals surface area (Å²) in [7, 11) is 0. The Labute approximate surface area is 161 Å². The molecule has 0 spiro atoms. The van der Waals surface area contributed by atoms with E-state index in [0.29, 0.717) is 11.4 Å². The van der Waals surface area contributed by atoms with Gasteiger partial charge in [0.1, 0.15) is 12.4 Å². The first-order chi connectivity index (χ1) is 13.5. The van der Waals surface area contributed by atoms with E-state index in [4.69, 9.17) is 14.9 Å². The zero-order valence-corrected chi connectivity index (χ0v) is 14.8. The molecule has 2 aromatic carbocycles. The van der Waals surface area contributed by atoms with E-state index in [1.54, 1.807) is 30.3 Å². The van der Waals surface area contributed by atoms with Crippen LogP contribution in [0.3, 0.4) is 0 Å². The first kappa shape index (κ1) is 18.8. The third-order valence-corrected chi connectivity index (χ3v) is 3.95. The Morgan fingerprint density at radius 3 is 2.39 bits per heavy atom. The Balaban J connectivity index is 1.73. The van der Waals surface area contributed by atoms with Crippen molar-refractivity contribution in [1.82, 2.24) is 4.98 Å². The smallest absolute Gasteiger partial charge is 0.337 e. The number of carbonyl (C=O) groups is 2. The fraction of sp³-hybridized carbons (Fsp3) is 0.0455. The number of aromatic nitrogens is 1. The van der Waals surface area contributed by atoms with Crippen LogP contribution in [0.2, 0.25) is 0 Å². The maximum Gasteiger partial charge on any atom is 0.337 e. The van der Waals surface area contributed by atoms with Gasteiger partial charge in [-0.1, -0.05) is 30.3 Å². The first-order valence-electron chi connectivity index (χ1n) is 8.44. The van der Waals surface area contributed by atoms with E-state index in [-0.39, 0.29) is 17.7 Å². The maximum absolute atomic E-state index is 11.1. The van der Waals surface area contributed by atoms with Gasteiger partial charge < -0.3 is 14.9 Å². The van der Waals surface area contributed by atoms with Crippen LogP contribution in [0.25, 0.3) is 12.2 Å². The van der Waals surface area contributed by atoms with Crippen molar-refractivity contribution in [3.05, 3.63) is 94.8 Å². The highest BCUT2D eigenvalue weighted by Gasteiger charge is 2.06. The van der Waals surface area contributed by atoms with E-state index < -0.39 is 11.9 Å². The zero-order chi connectivity index (χ0) is 19.9. The van der Waals surface area contributed by atoms with Crippen molar-refractivity contribution in [2.75, 3.05) is 0 Å². The number of carboxylic acids is 2. The molecule has 0 aliphatic carbocycles. The average Bonchev–Trinajstić information content (AvgIpc) is 2.71. The number of para-hydroxylation sites is 1. The highest BCUT2D eigenvalue weighted by Crippen LogP contribution is 2.22. The second-order valence-electron chi connectivity index (χ2n) is 5.94. The fourth-order valence-corrected chi connectivity index (χ4v) is 2.51. The third kappa shape index (κ3) is 4.82. The van der Waals surface area contributed by atoms with E-state index in [9.17, 15) is 9.59 Å². The highest BCUT2D eigenvalue weighted by molar-refractivity contribution is 5.88. The predicted octanol–water partition coefficient (Wildman–Crippen LogP) is 4.23. The minimum Gasteiger partial charge on any atom is -0.488 e. The van der Waals surface area contributed by atoms with Crippen LogP contribution in [-0.4, -0.2) is 27.1 Å².